The third-order valence-corrected chi connectivity index (χ3v) is 5.29. The zero-order valence-electron chi connectivity index (χ0n) is 15.4. The van der Waals surface area contributed by atoms with E-state index < -0.39 is 0 Å². The van der Waals surface area contributed by atoms with Crippen molar-refractivity contribution in [1.29, 1.82) is 0 Å². The van der Waals surface area contributed by atoms with Crippen LogP contribution in [0.1, 0.15) is 60.3 Å². The van der Waals surface area contributed by atoms with Gasteiger partial charge in [0.2, 0.25) is 0 Å². The van der Waals surface area contributed by atoms with E-state index in [0.29, 0.717) is 17.4 Å². The molecule has 4 rings (SSSR count). The molecule has 0 spiro atoms. The zero-order valence-corrected chi connectivity index (χ0v) is 15.4. The van der Waals surface area contributed by atoms with Gasteiger partial charge in [-0.2, -0.15) is 5.10 Å². The van der Waals surface area contributed by atoms with Crippen molar-refractivity contribution in [3.63, 3.8) is 0 Å². The Morgan fingerprint density at radius 3 is 2.69 bits per heavy atom. The van der Waals surface area contributed by atoms with Crippen molar-refractivity contribution in [1.82, 2.24) is 30.1 Å². The summed E-state index contributed by atoms with van der Waals surface area (Å²) in [7, 11) is 1.85. The second-order valence-electron chi connectivity index (χ2n) is 7.39. The summed E-state index contributed by atoms with van der Waals surface area (Å²) in [6.45, 7) is 5.82. The molecule has 1 amide bonds. The van der Waals surface area contributed by atoms with Crippen molar-refractivity contribution in [3.8, 4) is 0 Å². The lowest BCUT2D eigenvalue weighted by atomic mass is 9.92. The van der Waals surface area contributed by atoms with Crippen molar-refractivity contribution >= 4 is 16.9 Å². The van der Waals surface area contributed by atoms with Gasteiger partial charge in [-0.25, -0.2) is 4.68 Å². The van der Waals surface area contributed by atoms with E-state index >= 15 is 0 Å². The monoisotopic (exact) mass is 352 g/mol. The van der Waals surface area contributed by atoms with Crippen molar-refractivity contribution in [2.75, 3.05) is 13.1 Å². The first-order valence-electron chi connectivity index (χ1n) is 9.17. The third kappa shape index (κ3) is 2.98. The average molecular weight is 352 g/mol. The molecule has 0 radical (unpaired) electrons. The number of benzene rings is 1. The van der Waals surface area contributed by atoms with Crippen LogP contribution in [0.5, 0.6) is 0 Å². The Kier molecular flexibility index (Phi) is 4.22. The average Bonchev–Trinajstić information content (AvgIpc) is 3.29. The van der Waals surface area contributed by atoms with E-state index in [9.17, 15) is 4.79 Å². The van der Waals surface area contributed by atoms with Crippen LogP contribution >= 0.6 is 0 Å². The number of nitrogens with zero attached hydrogens (tertiary/aromatic N) is 5. The molecule has 0 aliphatic carbocycles. The first kappa shape index (κ1) is 16.8. The Morgan fingerprint density at radius 2 is 2.00 bits per heavy atom. The Labute approximate surface area is 152 Å². The quantitative estimate of drug-likeness (QED) is 0.786. The van der Waals surface area contributed by atoms with Gasteiger partial charge in [0.05, 0.1) is 11.2 Å². The highest BCUT2D eigenvalue weighted by Crippen LogP contribution is 2.29. The summed E-state index contributed by atoms with van der Waals surface area (Å²) in [5.41, 5.74) is 4.67. The molecule has 0 bridgehead atoms. The van der Waals surface area contributed by atoms with Crippen LogP contribution < -0.4 is 0 Å². The van der Waals surface area contributed by atoms with Crippen LogP contribution in [0.4, 0.5) is 0 Å². The Balaban J connectivity index is 1.43. The predicted molar refractivity (Wildman–Crippen MR) is 99.1 cm³/mol. The van der Waals surface area contributed by atoms with E-state index in [4.69, 9.17) is 0 Å². The Hall–Kier alpha value is -2.70. The van der Waals surface area contributed by atoms with E-state index in [0.717, 1.165) is 42.7 Å². The number of hydrogen-bond acceptors (Lipinski definition) is 4. The predicted octanol–water partition coefficient (Wildman–Crippen LogP) is 2.83. The number of nitrogens with one attached hydrogen (secondary N) is 1. The molecule has 26 heavy (non-hydrogen) atoms. The van der Waals surface area contributed by atoms with Crippen molar-refractivity contribution in [2.24, 2.45) is 7.05 Å². The van der Waals surface area contributed by atoms with Crippen LogP contribution in [0.25, 0.3) is 11.0 Å². The Bertz CT molecular complexity index is 933. The topological polar surface area (TPSA) is 79.7 Å². The number of likely N-dealkylation sites (tertiary alicyclic amines) is 1. The first-order chi connectivity index (χ1) is 12.5. The lowest BCUT2D eigenvalue weighted by molar-refractivity contribution is 0.0712. The third-order valence-electron chi connectivity index (χ3n) is 5.29. The first-order valence-corrected chi connectivity index (χ1v) is 9.17. The molecule has 3 aromatic rings. The summed E-state index contributed by atoms with van der Waals surface area (Å²) >= 11 is 0. The van der Waals surface area contributed by atoms with Gasteiger partial charge < -0.3 is 4.90 Å². The SMILES string of the molecule is CC(C)c1cc(C2CCN(C(=O)c3ccc4c(c3)nnn4C)CC2)[nH]n1. The summed E-state index contributed by atoms with van der Waals surface area (Å²) in [4.78, 5) is 14.8. The smallest absolute Gasteiger partial charge is 0.253 e. The molecule has 7 heteroatoms. The van der Waals surface area contributed by atoms with Gasteiger partial charge in [-0.15, -0.1) is 5.10 Å². The molecular weight excluding hydrogens is 328 g/mol. The van der Waals surface area contributed by atoms with Crippen LogP contribution in [0.2, 0.25) is 0 Å². The molecule has 3 heterocycles. The highest BCUT2D eigenvalue weighted by molar-refractivity contribution is 5.97. The van der Waals surface area contributed by atoms with Crippen molar-refractivity contribution < 1.29 is 4.79 Å². The molecule has 0 unspecified atom stereocenters. The molecule has 1 aliphatic rings. The highest BCUT2D eigenvalue weighted by Gasteiger charge is 2.26. The van der Waals surface area contributed by atoms with E-state index in [1.165, 1.54) is 5.69 Å². The Morgan fingerprint density at radius 1 is 1.23 bits per heavy atom. The van der Waals surface area contributed by atoms with E-state index in [-0.39, 0.29) is 5.91 Å². The maximum atomic E-state index is 12.8. The van der Waals surface area contributed by atoms with Gasteiger partial charge in [0.25, 0.3) is 5.91 Å². The minimum absolute atomic E-state index is 0.0727. The maximum Gasteiger partial charge on any atom is 0.253 e. The van der Waals surface area contributed by atoms with Crippen LogP contribution in [0, 0.1) is 0 Å². The van der Waals surface area contributed by atoms with Crippen LogP contribution in [-0.2, 0) is 7.05 Å². The molecule has 1 fully saturated rings. The van der Waals surface area contributed by atoms with E-state index in [1.807, 2.05) is 30.1 Å². The number of rotatable bonds is 3. The van der Waals surface area contributed by atoms with Crippen molar-refractivity contribution in [3.05, 3.63) is 41.2 Å². The number of amides is 1. The summed E-state index contributed by atoms with van der Waals surface area (Å²) in [6, 6.07) is 7.78. The van der Waals surface area contributed by atoms with Crippen LogP contribution in [0.3, 0.4) is 0 Å². The van der Waals surface area contributed by atoms with Gasteiger partial charge in [-0.05, 0) is 43.0 Å². The van der Waals surface area contributed by atoms with Gasteiger partial charge >= 0.3 is 0 Å². The molecule has 1 N–H and O–H groups in total. The summed E-state index contributed by atoms with van der Waals surface area (Å²) in [6.07, 6.45) is 1.91. The minimum Gasteiger partial charge on any atom is -0.339 e. The van der Waals surface area contributed by atoms with Gasteiger partial charge in [0.1, 0.15) is 5.52 Å². The number of piperidine rings is 1. The number of aromatic amines is 1. The molecule has 1 aromatic carbocycles. The van der Waals surface area contributed by atoms with Gasteiger partial charge in [0, 0.05) is 37.3 Å². The number of fused-ring (bicyclic) bond motifs is 1. The van der Waals surface area contributed by atoms with Crippen LogP contribution in [-0.4, -0.2) is 49.1 Å². The summed E-state index contributed by atoms with van der Waals surface area (Å²) in [5.74, 6) is 0.947. The molecule has 7 nitrogen and oxygen atoms in total. The molecule has 0 atom stereocenters. The molecule has 136 valence electrons. The van der Waals surface area contributed by atoms with Gasteiger partial charge in [-0.1, -0.05) is 19.1 Å². The van der Waals surface area contributed by atoms with Crippen molar-refractivity contribution in [2.45, 2.75) is 38.5 Å². The number of hydrogen-bond donors (Lipinski definition) is 1. The summed E-state index contributed by atoms with van der Waals surface area (Å²) < 4.78 is 1.71. The second kappa shape index (κ2) is 6.55. The molecule has 1 saturated heterocycles. The highest BCUT2D eigenvalue weighted by atomic mass is 16.2. The normalized spacial score (nSPS) is 15.9. The minimum atomic E-state index is 0.0727. The fraction of sp³-hybridized carbons (Fsp3) is 0.474. The lowest BCUT2D eigenvalue weighted by Gasteiger charge is -2.31. The number of aryl methyl sites for hydroxylation is 1. The molecule has 1 aliphatic heterocycles. The number of H-pyrrole nitrogens is 1. The molecular formula is C19H24N6O. The molecule has 0 saturated carbocycles. The number of carbonyl (C=O) groups is 1. The number of carbonyl (C=O) groups excluding carboxylic acids is 1. The maximum absolute atomic E-state index is 12.8. The lowest BCUT2D eigenvalue weighted by Crippen LogP contribution is -2.38. The number of aromatic nitrogens is 5. The van der Waals surface area contributed by atoms with E-state index in [2.05, 4.69) is 40.4 Å². The zero-order chi connectivity index (χ0) is 18.3. The largest absolute Gasteiger partial charge is 0.339 e. The fourth-order valence-corrected chi connectivity index (χ4v) is 3.61. The van der Waals surface area contributed by atoms with E-state index in [1.54, 1.807) is 4.68 Å². The second-order valence-corrected chi connectivity index (χ2v) is 7.39. The fourth-order valence-electron chi connectivity index (χ4n) is 3.61. The molecule has 2 aromatic heterocycles. The van der Waals surface area contributed by atoms with Gasteiger partial charge in [-0.3, -0.25) is 9.89 Å². The van der Waals surface area contributed by atoms with Crippen LogP contribution in [0.15, 0.2) is 24.3 Å². The summed E-state index contributed by atoms with van der Waals surface area (Å²) in [5, 5.41) is 15.7. The standard InChI is InChI=1S/C19H24N6O/c1-12(2)15-11-16(21-20-15)13-6-8-25(9-7-13)19(26)14-4-5-18-17(10-14)22-23-24(18)3/h4-5,10-13H,6-9H2,1-3H3,(H,20,21). The van der Waals surface area contributed by atoms with Gasteiger partial charge in [0.15, 0.2) is 0 Å².